The molecule has 4 aromatic rings. The van der Waals surface area contributed by atoms with Crippen LogP contribution in [-0.2, 0) is 6.42 Å². The van der Waals surface area contributed by atoms with E-state index in [-0.39, 0.29) is 28.0 Å². The van der Waals surface area contributed by atoms with Gasteiger partial charge in [-0.3, -0.25) is 9.59 Å². The van der Waals surface area contributed by atoms with Crippen molar-refractivity contribution in [3.63, 3.8) is 0 Å². The molecule has 1 amide bonds. The van der Waals surface area contributed by atoms with Crippen LogP contribution in [0.25, 0.3) is 11.0 Å². The number of carbonyl (C=O) groups is 1. The predicted molar refractivity (Wildman–Crippen MR) is 120 cm³/mol. The Kier molecular flexibility index (Phi) is 5.09. The molecule has 1 aliphatic heterocycles. The maximum Gasteiger partial charge on any atom is 0.290 e. The minimum atomic E-state index is -0.762. The van der Waals surface area contributed by atoms with E-state index in [2.05, 4.69) is 0 Å². The molecule has 0 radical (unpaired) electrons. The lowest BCUT2D eigenvalue weighted by Crippen LogP contribution is -2.31. The molecule has 5 rings (SSSR count). The van der Waals surface area contributed by atoms with Crippen LogP contribution in [0, 0.1) is 5.82 Å². The zero-order valence-corrected chi connectivity index (χ0v) is 17.7. The number of fused-ring (bicyclic) bond motifs is 2. The van der Waals surface area contributed by atoms with Crippen LogP contribution in [0.1, 0.15) is 33.3 Å². The average molecular weight is 445 g/mol. The minimum Gasteiger partial charge on any atom is -0.508 e. The summed E-state index contributed by atoms with van der Waals surface area (Å²) >= 11 is 0. The molecule has 1 atom stereocenters. The molecule has 0 bridgehead atoms. The second kappa shape index (κ2) is 8.09. The van der Waals surface area contributed by atoms with Gasteiger partial charge in [-0.2, -0.15) is 0 Å². The third kappa shape index (κ3) is 3.61. The van der Waals surface area contributed by atoms with Gasteiger partial charge in [0.1, 0.15) is 22.9 Å². The highest BCUT2D eigenvalue weighted by Crippen LogP contribution is 2.39. The molecule has 0 fully saturated rings. The lowest BCUT2D eigenvalue weighted by Gasteiger charge is -2.25. The van der Waals surface area contributed by atoms with Crippen molar-refractivity contribution in [2.45, 2.75) is 12.5 Å². The summed E-state index contributed by atoms with van der Waals surface area (Å²) in [5.74, 6) is -0.295. The van der Waals surface area contributed by atoms with Crippen molar-refractivity contribution >= 4 is 16.9 Å². The fraction of sp³-hybridized carbons (Fsp3) is 0.154. The Morgan fingerprint density at radius 2 is 1.85 bits per heavy atom. The Morgan fingerprint density at radius 3 is 2.58 bits per heavy atom. The van der Waals surface area contributed by atoms with Gasteiger partial charge in [-0.05, 0) is 60.0 Å². The van der Waals surface area contributed by atoms with E-state index in [1.165, 1.54) is 24.3 Å². The Bertz CT molecular complexity index is 1430. The molecule has 1 N–H and O–H groups in total. The lowest BCUT2D eigenvalue weighted by molar-refractivity contribution is 0.0730. The van der Waals surface area contributed by atoms with Crippen LogP contribution in [0.3, 0.4) is 0 Å². The van der Waals surface area contributed by atoms with Gasteiger partial charge in [-0.1, -0.05) is 24.3 Å². The number of rotatable bonds is 5. The fourth-order valence-corrected chi connectivity index (χ4v) is 4.31. The van der Waals surface area contributed by atoms with E-state index >= 15 is 0 Å². The molecule has 0 aliphatic carbocycles. The van der Waals surface area contributed by atoms with Crippen molar-refractivity contribution in [2.75, 3.05) is 13.7 Å². The van der Waals surface area contributed by atoms with Crippen LogP contribution in [0.5, 0.6) is 11.5 Å². The van der Waals surface area contributed by atoms with E-state index in [9.17, 15) is 19.1 Å². The minimum absolute atomic E-state index is 0.0136. The van der Waals surface area contributed by atoms with Gasteiger partial charge in [0.05, 0.1) is 24.1 Å². The number of phenolic OH excluding ortho intramolecular Hbond substituents is 1. The molecule has 0 spiro atoms. The van der Waals surface area contributed by atoms with E-state index < -0.39 is 23.2 Å². The van der Waals surface area contributed by atoms with E-state index in [1.807, 2.05) is 24.3 Å². The van der Waals surface area contributed by atoms with Crippen LogP contribution in [0.15, 0.2) is 75.9 Å². The third-order valence-electron chi connectivity index (χ3n) is 5.91. The van der Waals surface area contributed by atoms with Crippen LogP contribution >= 0.6 is 0 Å². The molecular formula is C26H20FNO5. The molecule has 0 saturated carbocycles. The summed E-state index contributed by atoms with van der Waals surface area (Å²) in [6.07, 6.45) is 0.529. The molecule has 1 aromatic heterocycles. The first-order valence-corrected chi connectivity index (χ1v) is 10.5. The van der Waals surface area contributed by atoms with Gasteiger partial charge in [0, 0.05) is 6.54 Å². The first-order chi connectivity index (χ1) is 16.0. The Morgan fingerprint density at radius 1 is 1.06 bits per heavy atom. The van der Waals surface area contributed by atoms with E-state index in [0.717, 1.165) is 17.4 Å². The molecule has 0 saturated heterocycles. The number of benzene rings is 3. The van der Waals surface area contributed by atoms with Gasteiger partial charge in [-0.15, -0.1) is 0 Å². The largest absolute Gasteiger partial charge is 0.508 e. The number of methoxy groups -OCH3 is 1. The van der Waals surface area contributed by atoms with Crippen molar-refractivity contribution in [1.82, 2.24) is 4.90 Å². The third-order valence-corrected chi connectivity index (χ3v) is 5.91. The van der Waals surface area contributed by atoms with E-state index in [1.54, 1.807) is 24.1 Å². The highest BCUT2D eigenvalue weighted by Gasteiger charge is 2.42. The Labute approximate surface area is 188 Å². The van der Waals surface area contributed by atoms with Crippen LogP contribution in [-0.4, -0.2) is 29.6 Å². The summed E-state index contributed by atoms with van der Waals surface area (Å²) in [5.41, 5.74) is 1.40. The van der Waals surface area contributed by atoms with E-state index in [4.69, 9.17) is 9.15 Å². The summed E-state index contributed by atoms with van der Waals surface area (Å²) in [7, 11) is 1.59. The lowest BCUT2D eigenvalue weighted by atomic mass is 9.98. The van der Waals surface area contributed by atoms with Crippen LogP contribution < -0.4 is 10.2 Å². The standard InChI is InChI=1S/C26H20FNO5/c1-32-19-8-5-15(6-9-19)11-12-28-23(16-3-2-4-18(29)13-16)22-24(30)20-14-17(27)7-10-21(20)33-25(22)26(28)31/h2-10,13-14,23,29H,11-12H2,1H3/t23-/m0/s1. The zero-order valence-electron chi connectivity index (χ0n) is 17.7. The zero-order chi connectivity index (χ0) is 23.1. The number of halogens is 1. The number of hydrogen-bond donors (Lipinski definition) is 1. The van der Waals surface area contributed by atoms with Gasteiger partial charge < -0.3 is 19.2 Å². The maximum absolute atomic E-state index is 13.9. The quantitative estimate of drug-likeness (QED) is 0.492. The molecule has 7 heteroatoms. The maximum atomic E-state index is 13.9. The number of amides is 1. The van der Waals surface area contributed by atoms with Gasteiger partial charge in [-0.25, -0.2) is 4.39 Å². The molecule has 2 heterocycles. The second-order valence-electron chi connectivity index (χ2n) is 7.91. The van der Waals surface area contributed by atoms with Gasteiger partial charge >= 0.3 is 0 Å². The molecule has 6 nitrogen and oxygen atoms in total. The Hall–Kier alpha value is -4.13. The van der Waals surface area contributed by atoms with Gasteiger partial charge in [0.25, 0.3) is 5.91 Å². The van der Waals surface area contributed by atoms with Crippen molar-refractivity contribution in [2.24, 2.45) is 0 Å². The SMILES string of the molecule is COc1ccc(CCN2C(=O)c3oc4ccc(F)cc4c(=O)c3[C@@H]2c2cccc(O)c2)cc1. The van der Waals surface area contributed by atoms with Crippen LogP contribution in [0.4, 0.5) is 4.39 Å². The molecule has 1 aliphatic rings. The monoisotopic (exact) mass is 445 g/mol. The highest BCUT2D eigenvalue weighted by molar-refractivity contribution is 5.99. The first-order valence-electron chi connectivity index (χ1n) is 10.5. The van der Waals surface area contributed by atoms with Crippen molar-refractivity contribution in [1.29, 1.82) is 0 Å². The molecular weight excluding hydrogens is 425 g/mol. The highest BCUT2D eigenvalue weighted by atomic mass is 19.1. The van der Waals surface area contributed by atoms with Gasteiger partial charge in [0.2, 0.25) is 5.76 Å². The smallest absolute Gasteiger partial charge is 0.290 e. The van der Waals surface area contributed by atoms with Crippen molar-refractivity contribution in [3.05, 3.63) is 105 Å². The summed E-state index contributed by atoms with van der Waals surface area (Å²) in [6.45, 7) is 0.305. The number of phenols is 1. The molecule has 3 aromatic carbocycles. The van der Waals surface area contributed by atoms with Gasteiger partial charge in [0.15, 0.2) is 5.43 Å². The topological polar surface area (TPSA) is 80.0 Å². The summed E-state index contributed by atoms with van der Waals surface area (Å²) in [5, 5.41) is 10.1. The average Bonchev–Trinajstić information content (AvgIpc) is 3.10. The Balaban J connectivity index is 1.61. The number of aromatic hydroxyl groups is 1. The number of ether oxygens (including phenoxy) is 1. The molecule has 33 heavy (non-hydrogen) atoms. The van der Waals surface area contributed by atoms with Crippen molar-refractivity contribution in [3.8, 4) is 11.5 Å². The summed E-state index contributed by atoms with van der Waals surface area (Å²) in [6, 6.07) is 16.8. The summed E-state index contributed by atoms with van der Waals surface area (Å²) < 4.78 is 24.9. The first kappa shape index (κ1) is 20.8. The summed E-state index contributed by atoms with van der Waals surface area (Å²) in [4.78, 5) is 28.3. The molecule has 0 unspecified atom stereocenters. The predicted octanol–water partition coefficient (Wildman–Crippen LogP) is 4.43. The fourth-order valence-electron chi connectivity index (χ4n) is 4.31. The number of nitrogens with zero attached hydrogens (tertiary/aromatic N) is 1. The normalized spacial score (nSPS) is 15.2. The molecule has 166 valence electrons. The number of carbonyl (C=O) groups excluding carboxylic acids is 1. The second-order valence-corrected chi connectivity index (χ2v) is 7.91. The van der Waals surface area contributed by atoms with E-state index in [0.29, 0.717) is 18.5 Å². The van der Waals surface area contributed by atoms with Crippen LogP contribution in [0.2, 0.25) is 0 Å². The number of hydrogen-bond acceptors (Lipinski definition) is 5. The van der Waals surface area contributed by atoms with Crippen molar-refractivity contribution < 1.29 is 23.4 Å².